The third kappa shape index (κ3) is 4.80. The molecule has 3 heteroatoms. The van der Waals surface area contributed by atoms with Crippen LogP contribution in [0.5, 0.6) is 0 Å². The van der Waals surface area contributed by atoms with Gasteiger partial charge in [0, 0.05) is 11.4 Å². The highest BCUT2D eigenvalue weighted by Crippen LogP contribution is 2.17. The van der Waals surface area contributed by atoms with Gasteiger partial charge in [0.1, 0.15) is 6.61 Å². The van der Waals surface area contributed by atoms with Crippen LogP contribution < -0.4 is 0 Å². The molecular formula is C13H19NOS. The largest absolute Gasteiger partial charge is 0.384 e. The van der Waals surface area contributed by atoms with Crippen molar-refractivity contribution in [3.63, 3.8) is 0 Å². The Labute approximate surface area is 102 Å². The van der Waals surface area contributed by atoms with Crippen LogP contribution in [-0.2, 0) is 6.54 Å². The van der Waals surface area contributed by atoms with Crippen molar-refractivity contribution in [1.29, 1.82) is 0 Å². The number of aliphatic hydroxyl groups is 1. The summed E-state index contributed by atoms with van der Waals surface area (Å²) in [5.41, 5.74) is 0. The van der Waals surface area contributed by atoms with Crippen LogP contribution in [0.15, 0.2) is 12.1 Å². The van der Waals surface area contributed by atoms with Crippen LogP contribution in [0.4, 0.5) is 0 Å². The highest BCUT2D eigenvalue weighted by Gasteiger charge is 2.02. The van der Waals surface area contributed by atoms with Crippen LogP contribution in [0.3, 0.4) is 0 Å². The van der Waals surface area contributed by atoms with Crippen molar-refractivity contribution in [3.8, 4) is 11.8 Å². The van der Waals surface area contributed by atoms with Crippen molar-refractivity contribution < 1.29 is 5.11 Å². The first-order chi connectivity index (χ1) is 7.76. The fraction of sp³-hybridized carbons (Fsp3) is 0.538. The van der Waals surface area contributed by atoms with Crippen molar-refractivity contribution in [1.82, 2.24) is 4.90 Å². The molecule has 1 aromatic heterocycles. The van der Waals surface area contributed by atoms with Gasteiger partial charge in [0.05, 0.1) is 4.88 Å². The van der Waals surface area contributed by atoms with E-state index in [2.05, 4.69) is 36.8 Å². The number of thiophene rings is 1. The fourth-order valence-corrected chi connectivity index (χ4v) is 2.39. The standard InChI is InChI=1S/C13H19NOS/c1-3-4-9-14(2)11-13-8-7-12(16-13)6-5-10-15/h7-8,15H,3-4,9-11H2,1-2H3. The van der Waals surface area contributed by atoms with Crippen molar-refractivity contribution in [2.75, 3.05) is 20.2 Å². The molecule has 0 aliphatic rings. The van der Waals surface area contributed by atoms with E-state index in [0.29, 0.717) is 0 Å². The van der Waals surface area contributed by atoms with Gasteiger partial charge in [-0.3, -0.25) is 0 Å². The van der Waals surface area contributed by atoms with Gasteiger partial charge >= 0.3 is 0 Å². The molecule has 0 fully saturated rings. The van der Waals surface area contributed by atoms with E-state index in [1.165, 1.54) is 17.7 Å². The highest BCUT2D eigenvalue weighted by molar-refractivity contribution is 7.12. The molecule has 0 saturated carbocycles. The van der Waals surface area contributed by atoms with Gasteiger partial charge in [-0.25, -0.2) is 0 Å². The first kappa shape index (κ1) is 13.2. The van der Waals surface area contributed by atoms with E-state index in [9.17, 15) is 0 Å². The summed E-state index contributed by atoms with van der Waals surface area (Å²) in [6.07, 6.45) is 2.49. The smallest absolute Gasteiger partial charge is 0.104 e. The predicted molar refractivity (Wildman–Crippen MR) is 69.5 cm³/mol. The van der Waals surface area contributed by atoms with E-state index in [4.69, 9.17) is 5.11 Å². The van der Waals surface area contributed by atoms with E-state index < -0.39 is 0 Å². The van der Waals surface area contributed by atoms with Crippen LogP contribution in [0.2, 0.25) is 0 Å². The molecule has 0 atom stereocenters. The summed E-state index contributed by atoms with van der Waals surface area (Å²) < 4.78 is 0. The molecule has 0 bridgehead atoms. The lowest BCUT2D eigenvalue weighted by Gasteiger charge is -2.14. The number of rotatable bonds is 5. The Balaban J connectivity index is 2.45. The molecule has 0 aliphatic heterocycles. The fourth-order valence-electron chi connectivity index (χ4n) is 1.43. The molecule has 0 aliphatic carbocycles. The van der Waals surface area contributed by atoms with Gasteiger partial charge in [-0.15, -0.1) is 11.3 Å². The topological polar surface area (TPSA) is 23.5 Å². The molecule has 1 rings (SSSR count). The van der Waals surface area contributed by atoms with Crippen molar-refractivity contribution >= 4 is 11.3 Å². The van der Waals surface area contributed by atoms with Gasteiger partial charge in [-0.05, 0) is 32.1 Å². The van der Waals surface area contributed by atoms with E-state index in [1.807, 2.05) is 6.07 Å². The van der Waals surface area contributed by atoms with Gasteiger partial charge in [0.2, 0.25) is 0 Å². The molecule has 0 aromatic carbocycles. The Bertz CT molecular complexity index is 361. The van der Waals surface area contributed by atoms with Gasteiger partial charge < -0.3 is 10.0 Å². The molecule has 88 valence electrons. The first-order valence-corrected chi connectivity index (χ1v) is 6.45. The minimum atomic E-state index is -0.0658. The maximum absolute atomic E-state index is 8.60. The number of hydrogen-bond donors (Lipinski definition) is 1. The number of aliphatic hydroxyl groups excluding tert-OH is 1. The third-order valence-electron chi connectivity index (χ3n) is 2.27. The zero-order chi connectivity index (χ0) is 11.8. The monoisotopic (exact) mass is 237 g/mol. The molecule has 0 radical (unpaired) electrons. The van der Waals surface area contributed by atoms with Crippen LogP contribution in [0.25, 0.3) is 0 Å². The van der Waals surface area contributed by atoms with Crippen LogP contribution >= 0.6 is 11.3 Å². The maximum Gasteiger partial charge on any atom is 0.104 e. The number of unbranched alkanes of at least 4 members (excludes halogenated alkanes) is 1. The molecule has 1 N–H and O–H groups in total. The Morgan fingerprint density at radius 1 is 1.44 bits per heavy atom. The van der Waals surface area contributed by atoms with Crippen molar-refractivity contribution in [3.05, 3.63) is 21.9 Å². The summed E-state index contributed by atoms with van der Waals surface area (Å²) in [7, 11) is 2.15. The van der Waals surface area contributed by atoms with Crippen molar-refractivity contribution in [2.45, 2.75) is 26.3 Å². The van der Waals surface area contributed by atoms with Crippen molar-refractivity contribution in [2.24, 2.45) is 0 Å². The number of nitrogens with zero attached hydrogens (tertiary/aromatic N) is 1. The maximum atomic E-state index is 8.60. The summed E-state index contributed by atoms with van der Waals surface area (Å²) >= 11 is 1.71. The van der Waals surface area contributed by atoms with E-state index >= 15 is 0 Å². The minimum Gasteiger partial charge on any atom is -0.384 e. The third-order valence-corrected chi connectivity index (χ3v) is 3.26. The predicted octanol–water partition coefficient (Wildman–Crippen LogP) is 2.32. The lowest BCUT2D eigenvalue weighted by Crippen LogP contribution is -2.18. The molecule has 1 aromatic rings. The molecule has 1 heterocycles. The Morgan fingerprint density at radius 3 is 2.94 bits per heavy atom. The molecule has 2 nitrogen and oxygen atoms in total. The summed E-state index contributed by atoms with van der Waals surface area (Å²) in [4.78, 5) is 4.70. The second-order valence-electron chi connectivity index (χ2n) is 3.82. The molecule has 0 spiro atoms. The summed E-state index contributed by atoms with van der Waals surface area (Å²) in [6.45, 7) is 4.28. The average molecular weight is 237 g/mol. The minimum absolute atomic E-state index is 0.0658. The SMILES string of the molecule is CCCCN(C)Cc1ccc(C#CCO)s1. The lowest BCUT2D eigenvalue weighted by atomic mass is 10.3. The first-order valence-electron chi connectivity index (χ1n) is 5.63. The summed E-state index contributed by atoms with van der Waals surface area (Å²) in [5.74, 6) is 5.60. The Morgan fingerprint density at radius 2 is 2.25 bits per heavy atom. The van der Waals surface area contributed by atoms with E-state index in [1.54, 1.807) is 11.3 Å². The molecular weight excluding hydrogens is 218 g/mol. The highest BCUT2D eigenvalue weighted by atomic mass is 32.1. The van der Waals surface area contributed by atoms with Crippen LogP contribution in [-0.4, -0.2) is 30.2 Å². The zero-order valence-electron chi connectivity index (χ0n) is 9.99. The molecule has 16 heavy (non-hydrogen) atoms. The molecule has 0 saturated heterocycles. The van der Waals surface area contributed by atoms with Crippen LogP contribution in [0, 0.1) is 11.8 Å². The zero-order valence-corrected chi connectivity index (χ0v) is 10.8. The Kier molecular flexibility index (Phi) is 6.17. The lowest BCUT2D eigenvalue weighted by molar-refractivity contribution is 0.323. The molecule has 0 unspecified atom stereocenters. The molecule has 0 amide bonds. The normalized spacial score (nSPS) is 10.2. The van der Waals surface area contributed by atoms with Gasteiger partial charge in [-0.2, -0.15) is 0 Å². The van der Waals surface area contributed by atoms with Gasteiger partial charge in [0.15, 0.2) is 0 Å². The Hall–Kier alpha value is -0.820. The van der Waals surface area contributed by atoms with E-state index in [-0.39, 0.29) is 6.61 Å². The number of hydrogen-bond acceptors (Lipinski definition) is 3. The van der Waals surface area contributed by atoms with E-state index in [0.717, 1.165) is 18.0 Å². The average Bonchev–Trinajstić information content (AvgIpc) is 2.71. The second kappa shape index (κ2) is 7.45. The summed E-state index contributed by atoms with van der Waals surface area (Å²) in [6, 6.07) is 4.14. The second-order valence-corrected chi connectivity index (χ2v) is 4.99. The van der Waals surface area contributed by atoms with Gasteiger partial charge in [0.25, 0.3) is 0 Å². The summed E-state index contributed by atoms with van der Waals surface area (Å²) in [5, 5.41) is 8.60. The quantitative estimate of drug-likeness (QED) is 0.795. The van der Waals surface area contributed by atoms with Gasteiger partial charge in [-0.1, -0.05) is 25.2 Å². The van der Waals surface area contributed by atoms with Crippen LogP contribution in [0.1, 0.15) is 29.5 Å².